The maximum Gasteiger partial charge on any atom is 0.169 e. The third-order valence-corrected chi connectivity index (χ3v) is 3.09. The van der Waals surface area contributed by atoms with E-state index in [0.717, 1.165) is 38.9 Å². The summed E-state index contributed by atoms with van der Waals surface area (Å²) in [7, 11) is 3.31. The van der Waals surface area contributed by atoms with Crippen molar-refractivity contribution in [1.29, 1.82) is 0 Å². The van der Waals surface area contributed by atoms with Crippen LogP contribution in [0.4, 0.5) is 0 Å². The fourth-order valence-corrected chi connectivity index (χ4v) is 1.96. The van der Waals surface area contributed by atoms with Crippen molar-refractivity contribution in [1.82, 2.24) is 4.90 Å². The molecule has 1 heterocycles. The van der Waals surface area contributed by atoms with Gasteiger partial charge < -0.3 is 14.6 Å². The normalized spacial score (nSPS) is 29.4. The lowest BCUT2D eigenvalue weighted by molar-refractivity contribution is -0.116. The fraction of sp³-hybridized carbons (Fsp3) is 1.00. The van der Waals surface area contributed by atoms with Crippen LogP contribution in [0.3, 0.4) is 0 Å². The third-order valence-electron chi connectivity index (χ3n) is 3.09. The molecular weight excluding hydrogens is 194 g/mol. The van der Waals surface area contributed by atoms with Crippen LogP contribution in [0.25, 0.3) is 0 Å². The van der Waals surface area contributed by atoms with E-state index in [-0.39, 0.29) is 6.29 Å². The molecule has 1 atom stereocenters. The summed E-state index contributed by atoms with van der Waals surface area (Å²) in [5, 5.41) is 9.93. The SMILES string of the molecule is COC(CN1CCCC(C)(O)CC1)OC. The first-order valence-electron chi connectivity index (χ1n) is 5.58. The monoisotopic (exact) mass is 217 g/mol. The quantitative estimate of drug-likeness (QED) is 0.709. The molecule has 1 aliphatic rings. The molecule has 0 radical (unpaired) electrons. The number of ether oxygens (including phenoxy) is 2. The molecule has 1 fully saturated rings. The van der Waals surface area contributed by atoms with Crippen LogP contribution < -0.4 is 0 Å². The number of likely N-dealkylation sites (tertiary alicyclic amines) is 1. The van der Waals surface area contributed by atoms with Crippen LogP contribution in [-0.4, -0.2) is 55.8 Å². The van der Waals surface area contributed by atoms with Gasteiger partial charge in [0.05, 0.1) is 5.60 Å². The average molecular weight is 217 g/mol. The van der Waals surface area contributed by atoms with Crippen molar-refractivity contribution in [3.8, 4) is 0 Å². The van der Waals surface area contributed by atoms with Gasteiger partial charge in [0.1, 0.15) is 0 Å². The summed E-state index contributed by atoms with van der Waals surface area (Å²) < 4.78 is 10.3. The number of nitrogens with zero attached hydrogens (tertiary/aromatic N) is 1. The molecule has 1 unspecified atom stereocenters. The summed E-state index contributed by atoms with van der Waals surface area (Å²) in [5.74, 6) is 0. The van der Waals surface area contributed by atoms with E-state index in [0.29, 0.717) is 0 Å². The van der Waals surface area contributed by atoms with Crippen molar-refractivity contribution in [3.05, 3.63) is 0 Å². The lowest BCUT2D eigenvalue weighted by Crippen LogP contribution is -2.36. The number of aliphatic hydroxyl groups is 1. The molecule has 1 rings (SSSR count). The van der Waals surface area contributed by atoms with Crippen molar-refractivity contribution in [2.75, 3.05) is 33.9 Å². The standard InChI is InChI=1S/C11H23NO3/c1-11(13)5-4-7-12(8-6-11)9-10(14-2)15-3/h10,13H,4-9H2,1-3H3. The molecule has 4 heteroatoms. The Labute approximate surface area is 92.2 Å². The minimum absolute atomic E-state index is 0.159. The third kappa shape index (κ3) is 4.47. The van der Waals surface area contributed by atoms with Gasteiger partial charge in [0, 0.05) is 27.3 Å². The zero-order valence-electron chi connectivity index (χ0n) is 10.0. The summed E-state index contributed by atoms with van der Waals surface area (Å²) in [6.07, 6.45) is 2.59. The molecule has 1 aliphatic heterocycles. The molecule has 0 aliphatic carbocycles. The molecule has 0 spiro atoms. The maximum absolute atomic E-state index is 9.93. The van der Waals surface area contributed by atoms with Gasteiger partial charge in [-0.3, -0.25) is 4.90 Å². The number of hydrogen-bond donors (Lipinski definition) is 1. The Balaban J connectivity index is 2.37. The van der Waals surface area contributed by atoms with Crippen molar-refractivity contribution in [2.24, 2.45) is 0 Å². The van der Waals surface area contributed by atoms with E-state index < -0.39 is 5.60 Å². The Morgan fingerprint density at radius 1 is 1.27 bits per heavy atom. The van der Waals surface area contributed by atoms with Crippen LogP contribution in [0.15, 0.2) is 0 Å². The highest BCUT2D eigenvalue weighted by Crippen LogP contribution is 2.21. The van der Waals surface area contributed by atoms with Crippen LogP contribution in [-0.2, 0) is 9.47 Å². The van der Waals surface area contributed by atoms with Crippen LogP contribution in [0.1, 0.15) is 26.2 Å². The molecule has 0 aromatic rings. The zero-order chi connectivity index (χ0) is 11.3. The molecule has 0 aromatic carbocycles. The van der Waals surface area contributed by atoms with Crippen LogP contribution in [0, 0.1) is 0 Å². The van der Waals surface area contributed by atoms with Gasteiger partial charge in [0.15, 0.2) is 6.29 Å². The second-order valence-electron chi connectivity index (χ2n) is 4.55. The number of hydrogen-bond acceptors (Lipinski definition) is 4. The summed E-state index contributed by atoms with van der Waals surface area (Å²) in [6, 6.07) is 0. The second kappa shape index (κ2) is 5.80. The summed E-state index contributed by atoms with van der Waals surface area (Å²) >= 11 is 0. The molecule has 0 amide bonds. The molecule has 0 aromatic heterocycles. The molecule has 1 N–H and O–H groups in total. The first-order valence-corrected chi connectivity index (χ1v) is 5.58. The highest BCUT2D eigenvalue weighted by atomic mass is 16.7. The van der Waals surface area contributed by atoms with Crippen molar-refractivity contribution in [2.45, 2.75) is 38.1 Å². The van der Waals surface area contributed by atoms with Gasteiger partial charge in [-0.2, -0.15) is 0 Å². The van der Waals surface area contributed by atoms with Gasteiger partial charge in [-0.05, 0) is 32.7 Å². The Bertz CT molecular complexity index is 181. The zero-order valence-corrected chi connectivity index (χ0v) is 10.0. The van der Waals surface area contributed by atoms with Crippen molar-refractivity contribution >= 4 is 0 Å². The topological polar surface area (TPSA) is 41.9 Å². The van der Waals surface area contributed by atoms with E-state index in [2.05, 4.69) is 4.90 Å². The Hall–Kier alpha value is -0.160. The molecule has 15 heavy (non-hydrogen) atoms. The van der Waals surface area contributed by atoms with E-state index in [1.54, 1.807) is 14.2 Å². The van der Waals surface area contributed by atoms with E-state index in [1.807, 2.05) is 6.92 Å². The van der Waals surface area contributed by atoms with Crippen molar-refractivity contribution < 1.29 is 14.6 Å². The minimum atomic E-state index is -0.496. The van der Waals surface area contributed by atoms with Crippen molar-refractivity contribution in [3.63, 3.8) is 0 Å². The smallest absolute Gasteiger partial charge is 0.169 e. The summed E-state index contributed by atoms with van der Waals surface area (Å²) in [5.41, 5.74) is -0.496. The van der Waals surface area contributed by atoms with Gasteiger partial charge >= 0.3 is 0 Å². The molecular formula is C11H23NO3. The summed E-state index contributed by atoms with van der Waals surface area (Å²) in [6.45, 7) is 4.62. The van der Waals surface area contributed by atoms with E-state index in [4.69, 9.17) is 9.47 Å². The number of methoxy groups -OCH3 is 2. The Morgan fingerprint density at radius 3 is 2.53 bits per heavy atom. The van der Waals surface area contributed by atoms with Crippen LogP contribution >= 0.6 is 0 Å². The van der Waals surface area contributed by atoms with Gasteiger partial charge in [0.25, 0.3) is 0 Å². The maximum atomic E-state index is 9.93. The van der Waals surface area contributed by atoms with Gasteiger partial charge in [-0.25, -0.2) is 0 Å². The molecule has 0 saturated carbocycles. The lowest BCUT2D eigenvalue weighted by atomic mass is 9.98. The first kappa shape index (κ1) is 12.9. The van der Waals surface area contributed by atoms with Crippen LogP contribution in [0.2, 0.25) is 0 Å². The Kier molecular flexibility index (Phi) is 4.99. The van der Waals surface area contributed by atoms with Crippen LogP contribution in [0.5, 0.6) is 0 Å². The Morgan fingerprint density at radius 2 is 1.93 bits per heavy atom. The fourth-order valence-electron chi connectivity index (χ4n) is 1.96. The lowest BCUT2D eigenvalue weighted by Gasteiger charge is -2.25. The summed E-state index contributed by atoms with van der Waals surface area (Å²) in [4.78, 5) is 2.29. The predicted molar refractivity (Wildman–Crippen MR) is 58.7 cm³/mol. The second-order valence-corrected chi connectivity index (χ2v) is 4.55. The number of rotatable bonds is 4. The predicted octanol–water partition coefficient (Wildman–Crippen LogP) is 0.842. The van der Waals surface area contributed by atoms with Gasteiger partial charge in [-0.15, -0.1) is 0 Å². The van der Waals surface area contributed by atoms with E-state index in [1.165, 1.54) is 0 Å². The molecule has 0 bridgehead atoms. The van der Waals surface area contributed by atoms with Gasteiger partial charge in [-0.1, -0.05) is 0 Å². The highest BCUT2D eigenvalue weighted by Gasteiger charge is 2.25. The minimum Gasteiger partial charge on any atom is -0.390 e. The van der Waals surface area contributed by atoms with Gasteiger partial charge in [0.2, 0.25) is 0 Å². The molecule has 4 nitrogen and oxygen atoms in total. The first-order chi connectivity index (χ1) is 7.07. The highest BCUT2D eigenvalue weighted by molar-refractivity contribution is 4.79. The van der Waals surface area contributed by atoms with E-state index >= 15 is 0 Å². The molecule has 1 saturated heterocycles. The average Bonchev–Trinajstić information content (AvgIpc) is 2.36. The van der Waals surface area contributed by atoms with E-state index in [9.17, 15) is 5.11 Å². The molecule has 90 valence electrons. The largest absolute Gasteiger partial charge is 0.390 e.